The van der Waals surface area contributed by atoms with Gasteiger partial charge in [-0.05, 0) is 61.3 Å². The summed E-state index contributed by atoms with van der Waals surface area (Å²) in [5.74, 6) is 5.75. The Kier molecular flexibility index (Phi) is 10.4. The predicted octanol–water partition coefficient (Wildman–Crippen LogP) is 4.84. The Bertz CT molecular complexity index is 1100. The summed E-state index contributed by atoms with van der Waals surface area (Å²) in [5.41, 5.74) is 8.84. The van der Waals surface area contributed by atoms with Crippen molar-refractivity contribution in [1.82, 2.24) is 5.32 Å². The third kappa shape index (κ3) is 8.58. The van der Waals surface area contributed by atoms with Crippen molar-refractivity contribution in [3.05, 3.63) is 88.2 Å². The summed E-state index contributed by atoms with van der Waals surface area (Å²) >= 11 is 1.42. The number of nitrogens with one attached hydrogen (secondary N) is 1. The molecule has 164 valence electrons. The second-order valence-corrected chi connectivity index (χ2v) is 7.85. The van der Waals surface area contributed by atoms with Crippen molar-refractivity contribution in [3.63, 3.8) is 0 Å². The van der Waals surface area contributed by atoms with Crippen molar-refractivity contribution in [2.45, 2.75) is 20.3 Å². The highest BCUT2D eigenvalue weighted by Gasteiger charge is 2.09. The molecule has 0 saturated heterocycles. The van der Waals surface area contributed by atoms with Crippen molar-refractivity contribution in [1.29, 1.82) is 0 Å². The van der Waals surface area contributed by atoms with Gasteiger partial charge in [-0.2, -0.15) is 0 Å². The number of nitrogens with zero attached hydrogens (tertiary/aromatic N) is 2. The van der Waals surface area contributed by atoms with E-state index in [0.29, 0.717) is 18.0 Å². The highest BCUT2D eigenvalue weighted by Crippen LogP contribution is 2.23. The average molecular weight is 445 g/mol. The van der Waals surface area contributed by atoms with Gasteiger partial charge >= 0.3 is 0 Å². The fourth-order valence-electron chi connectivity index (χ4n) is 2.55. The van der Waals surface area contributed by atoms with Crippen LogP contribution in [-0.2, 0) is 0 Å². The van der Waals surface area contributed by atoms with Crippen LogP contribution in [0.3, 0.4) is 0 Å². The third-order valence-corrected chi connectivity index (χ3v) is 5.58. The first-order valence-corrected chi connectivity index (χ1v) is 11.0. The molecule has 0 saturated carbocycles. The summed E-state index contributed by atoms with van der Waals surface area (Å²) in [6.45, 7) is 8.35. The van der Waals surface area contributed by atoms with Crippen molar-refractivity contribution in [2.24, 2.45) is 15.7 Å². The first-order valence-electron chi connectivity index (χ1n) is 10.2. The van der Waals surface area contributed by atoms with Crippen LogP contribution < -0.4 is 11.1 Å². The zero-order valence-electron chi connectivity index (χ0n) is 18.5. The normalized spacial score (nSPS) is 14.6. The second-order valence-electron chi connectivity index (χ2n) is 6.77. The average Bonchev–Trinajstić information content (AvgIpc) is 3.15. The largest absolute Gasteiger partial charge is 0.368 e. The van der Waals surface area contributed by atoms with Crippen LogP contribution in [0.5, 0.6) is 0 Å². The van der Waals surface area contributed by atoms with Gasteiger partial charge in [0.05, 0.1) is 11.4 Å². The lowest BCUT2D eigenvalue weighted by Crippen LogP contribution is -2.24. The molecule has 1 amide bonds. The van der Waals surface area contributed by atoms with Crippen LogP contribution in [0.15, 0.2) is 88.5 Å². The lowest BCUT2D eigenvalue weighted by atomic mass is 10.2. The number of allylic oxidation sites excluding steroid dienone is 7. The number of carbonyl (C=O) groups excluding carboxylic acids is 1. The molecule has 1 heterocycles. The van der Waals surface area contributed by atoms with Gasteiger partial charge in [-0.15, -0.1) is 17.3 Å². The molecule has 2 rings (SSSR count). The topological polar surface area (TPSA) is 79.8 Å². The molecule has 6 heteroatoms. The molecule has 1 aromatic rings. The van der Waals surface area contributed by atoms with Crippen LogP contribution in [0.25, 0.3) is 5.57 Å². The molecule has 32 heavy (non-hydrogen) atoms. The van der Waals surface area contributed by atoms with Crippen LogP contribution in [0, 0.1) is 11.8 Å². The number of aliphatic imine (C=N–C) groups is 2. The number of rotatable bonds is 8. The van der Waals surface area contributed by atoms with Crippen LogP contribution in [0.4, 0.5) is 0 Å². The molecular formula is C26H28N4OS. The van der Waals surface area contributed by atoms with E-state index in [4.69, 9.17) is 5.73 Å². The summed E-state index contributed by atoms with van der Waals surface area (Å²) in [6, 6.07) is 3.73. The van der Waals surface area contributed by atoms with Gasteiger partial charge in [0, 0.05) is 17.6 Å². The van der Waals surface area contributed by atoms with Gasteiger partial charge in [0.2, 0.25) is 5.96 Å². The van der Waals surface area contributed by atoms with Crippen LogP contribution in [-0.4, -0.2) is 31.2 Å². The van der Waals surface area contributed by atoms with Gasteiger partial charge in [-0.3, -0.25) is 4.79 Å². The smallest absolute Gasteiger partial charge is 0.261 e. The summed E-state index contributed by atoms with van der Waals surface area (Å²) < 4.78 is 0. The summed E-state index contributed by atoms with van der Waals surface area (Å²) in [5, 5.41) is 2.89. The predicted molar refractivity (Wildman–Crippen MR) is 138 cm³/mol. The van der Waals surface area contributed by atoms with E-state index in [2.05, 4.69) is 45.9 Å². The molecule has 0 radical (unpaired) electrons. The van der Waals surface area contributed by atoms with E-state index in [1.54, 1.807) is 25.3 Å². The van der Waals surface area contributed by atoms with Crippen molar-refractivity contribution in [2.75, 3.05) is 13.1 Å². The lowest BCUT2D eigenvalue weighted by molar-refractivity contribution is 0.0961. The third-order valence-electron chi connectivity index (χ3n) is 4.36. The molecule has 0 atom stereocenters. The standard InChI is InChI=1S/C26H28N4OS/c1-4-6-11-21(5-2)18-29-25(31)24-15-14-23(32-24)20(3)16-17-28-26(27)30-19-22-12-9-7-8-10-13-22/h5,7-9,11-17H,2,10,18-19H2,1,3H3,(H2,27,30)(H,29,31)/b20-16+,21-11+,28-17-. The van der Waals surface area contributed by atoms with Crippen LogP contribution >= 0.6 is 11.3 Å². The van der Waals surface area contributed by atoms with Crippen molar-refractivity contribution in [3.8, 4) is 11.8 Å². The number of hydrogen-bond donors (Lipinski definition) is 2. The number of hydrogen-bond acceptors (Lipinski definition) is 3. The first-order chi connectivity index (χ1) is 15.5. The zero-order valence-corrected chi connectivity index (χ0v) is 19.3. The number of carbonyl (C=O) groups is 1. The molecule has 5 nitrogen and oxygen atoms in total. The minimum Gasteiger partial charge on any atom is -0.368 e. The summed E-state index contributed by atoms with van der Waals surface area (Å²) in [6.07, 6.45) is 18.0. The van der Waals surface area contributed by atoms with Gasteiger partial charge in [-0.1, -0.05) is 49.0 Å². The van der Waals surface area contributed by atoms with Crippen LogP contribution in [0.1, 0.15) is 34.8 Å². The van der Waals surface area contributed by atoms with E-state index in [9.17, 15) is 4.79 Å². The van der Waals surface area contributed by atoms with E-state index in [1.807, 2.05) is 43.4 Å². The monoisotopic (exact) mass is 444 g/mol. The molecule has 1 aliphatic carbocycles. The number of thiophene rings is 1. The Hall–Kier alpha value is -3.69. The molecule has 0 bridgehead atoms. The summed E-state index contributed by atoms with van der Waals surface area (Å²) in [7, 11) is 0. The lowest BCUT2D eigenvalue weighted by Gasteiger charge is -2.03. The van der Waals surface area contributed by atoms with Crippen molar-refractivity contribution < 1.29 is 4.79 Å². The minimum absolute atomic E-state index is 0.131. The van der Waals surface area contributed by atoms with Gasteiger partial charge < -0.3 is 11.1 Å². The van der Waals surface area contributed by atoms with E-state index in [1.165, 1.54) is 11.3 Å². The Labute approximate surface area is 194 Å². The van der Waals surface area contributed by atoms with Gasteiger partial charge in [0.25, 0.3) is 5.91 Å². The molecule has 0 fully saturated rings. The van der Waals surface area contributed by atoms with Gasteiger partial charge in [-0.25, -0.2) is 9.98 Å². The molecule has 0 aliphatic heterocycles. The molecule has 0 unspecified atom stereocenters. The fourth-order valence-corrected chi connectivity index (χ4v) is 3.45. The number of amides is 1. The Morgan fingerprint density at radius 2 is 2.16 bits per heavy atom. The van der Waals surface area contributed by atoms with E-state index in [-0.39, 0.29) is 11.9 Å². The number of nitrogens with two attached hydrogens (primary N) is 1. The molecule has 3 N–H and O–H groups in total. The first kappa shape index (κ1) is 24.6. The number of guanidine groups is 1. The Morgan fingerprint density at radius 3 is 2.94 bits per heavy atom. The van der Waals surface area contributed by atoms with E-state index in [0.717, 1.165) is 28.0 Å². The molecule has 0 spiro atoms. The maximum Gasteiger partial charge on any atom is 0.261 e. The zero-order chi connectivity index (χ0) is 23.2. The molecule has 0 aromatic carbocycles. The van der Waals surface area contributed by atoms with Gasteiger partial charge in [0.1, 0.15) is 0 Å². The summed E-state index contributed by atoms with van der Waals surface area (Å²) in [4.78, 5) is 22.5. The highest BCUT2D eigenvalue weighted by molar-refractivity contribution is 7.15. The Balaban J connectivity index is 1.92. The molecular weight excluding hydrogens is 416 g/mol. The SMILES string of the molecule is C=C/C(=C\C#CC)CNC(=O)c1ccc(/C(C)=C/C=N\C(N)=NCC2=CCC=CC=C2)s1. The molecule has 1 aromatic heterocycles. The maximum atomic E-state index is 12.4. The van der Waals surface area contributed by atoms with Crippen molar-refractivity contribution >= 4 is 35.0 Å². The van der Waals surface area contributed by atoms with Gasteiger partial charge in [0.15, 0.2) is 0 Å². The minimum atomic E-state index is -0.131. The second kappa shape index (κ2) is 13.6. The van der Waals surface area contributed by atoms with Crippen LogP contribution in [0.2, 0.25) is 0 Å². The Morgan fingerprint density at radius 1 is 1.34 bits per heavy atom. The fraction of sp³-hybridized carbons (Fsp3) is 0.192. The van der Waals surface area contributed by atoms with E-state index >= 15 is 0 Å². The van der Waals surface area contributed by atoms with E-state index < -0.39 is 0 Å². The maximum absolute atomic E-state index is 12.4. The highest BCUT2D eigenvalue weighted by atomic mass is 32.1. The molecule has 1 aliphatic rings. The quantitative estimate of drug-likeness (QED) is 0.260.